The molecule has 2 rings (SSSR count). The summed E-state index contributed by atoms with van der Waals surface area (Å²) in [4.78, 5) is 6.23. The van der Waals surface area contributed by atoms with E-state index in [4.69, 9.17) is 29.8 Å². The minimum Gasteiger partial charge on any atom is -0.317 e. The van der Waals surface area contributed by atoms with E-state index in [2.05, 4.69) is 15.1 Å². The molecule has 1 heterocycles. The molecule has 0 aliphatic carbocycles. The van der Waals surface area contributed by atoms with Gasteiger partial charge in [0, 0.05) is 49.4 Å². The Morgan fingerprint density at radius 3 is 2.61 bits per heavy atom. The molecule has 1 N–H and O–H groups in total. The predicted molar refractivity (Wildman–Crippen MR) is 98.1 cm³/mol. The van der Waals surface area contributed by atoms with Gasteiger partial charge in [-0.1, -0.05) is 29.3 Å². The molecule has 5 heteroatoms. The van der Waals surface area contributed by atoms with Crippen LogP contribution in [0.2, 0.25) is 10.0 Å². The highest BCUT2D eigenvalue weighted by Crippen LogP contribution is 2.25. The smallest absolute Gasteiger partial charge is 0.228 e. The van der Waals surface area contributed by atoms with E-state index < -0.39 is 0 Å². The Kier molecular flexibility index (Phi) is 6.73. The molecule has 1 aliphatic heterocycles. The van der Waals surface area contributed by atoms with Gasteiger partial charge in [-0.05, 0) is 43.6 Å². The van der Waals surface area contributed by atoms with Crippen molar-refractivity contribution in [3.8, 4) is 0 Å². The summed E-state index contributed by atoms with van der Waals surface area (Å²) in [5.41, 5.74) is 0.796. The SMILES string of the molecule is [C-]#[N+]C(C)(C)CCN(Cc1ccc(Cl)cc1Cl)C1CCNCC1. The molecule has 0 aromatic heterocycles. The van der Waals surface area contributed by atoms with Gasteiger partial charge in [-0.15, -0.1) is 0 Å². The molecule has 0 spiro atoms. The van der Waals surface area contributed by atoms with Gasteiger partial charge < -0.3 is 10.2 Å². The first-order chi connectivity index (χ1) is 10.9. The third kappa shape index (κ3) is 5.65. The first-order valence-electron chi connectivity index (χ1n) is 8.18. The molecule has 1 fully saturated rings. The van der Waals surface area contributed by atoms with Crippen LogP contribution in [-0.2, 0) is 6.54 Å². The molecular weight excluding hydrogens is 329 g/mol. The second kappa shape index (κ2) is 8.35. The topological polar surface area (TPSA) is 19.6 Å². The van der Waals surface area contributed by atoms with Crippen molar-refractivity contribution in [3.05, 3.63) is 45.2 Å². The van der Waals surface area contributed by atoms with E-state index in [1.165, 1.54) is 0 Å². The Morgan fingerprint density at radius 1 is 1.30 bits per heavy atom. The maximum absolute atomic E-state index is 7.33. The summed E-state index contributed by atoms with van der Waals surface area (Å²) in [6.07, 6.45) is 3.15. The monoisotopic (exact) mass is 353 g/mol. The van der Waals surface area contributed by atoms with Gasteiger partial charge >= 0.3 is 0 Å². The van der Waals surface area contributed by atoms with E-state index in [9.17, 15) is 0 Å². The standard InChI is InChI=1S/C18H25Cl2N3/c1-18(2,21-3)8-11-23(16-6-9-22-10-7-16)13-14-4-5-15(19)12-17(14)20/h4-5,12,16,22H,6-11,13H2,1-2H3. The van der Waals surface area contributed by atoms with Crippen LogP contribution < -0.4 is 5.32 Å². The van der Waals surface area contributed by atoms with Gasteiger partial charge in [0.05, 0.1) is 0 Å². The van der Waals surface area contributed by atoms with Crippen molar-refractivity contribution in [2.45, 2.75) is 51.2 Å². The van der Waals surface area contributed by atoms with Crippen molar-refractivity contribution >= 4 is 23.2 Å². The maximum Gasteiger partial charge on any atom is 0.228 e. The number of hydrogen-bond acceptors (Lipinski definition) is 2. The summed E-state index contributed by atoms with van der Waals surface area (Å²) in [5.74, 6) is 0. The van der Waals surface area contributed by atoms with Gasteiger partial charge in [0.2, 0.25) is 5.54 Å². The van der Waals surface area contributed by atoms with E-state index in [-0.39, 0.29) is 5.54 Å². The summed E-state index contributed by atoms with van der Waals surface area (Å²) >= 11 is 12.4. The van der Waals surface area contributed by atoms with Crippen molar-refractivity contribution in [3.63, 3.8) is 0 Å². The molecule has 0 atom stereocenters. The van der Waals surface area contributed by atoms with Gasteiger partial charge in [0.25, 0.3) is 0 Å². The zero-order valence-electron chi connectivity index (χ0n) is 13.9. The van der Waals surface area contributed by atoms with Crippen LogP contribution in [0.5, 0.6) is 0 Å². The summed E-state index contributed by atoms with van der Waals surface area (Å²) < 4.78 is 0. The highest BCUT2D eigenvalue weighted by Gasteiger charge is 2.27. The molecule has 1 aromatic rings. The number of piperidine rings is 1. The molecular formula is C18H25Cl2N3. The van der Waals surface area contributed by atoms with Crippen LogP contribution in [0.1, 0.15) is 38.7 Å². The van der Waals surface area contributed by atoms with Gasteiger partial charge in [-0.25, -0.2) is 6.57 Å². The molecule has 1 aliphatic rings. The van der Waals surface area contributed by atoms with Crippen LogP contribution in [0.25, 0.3) is 4.85 Å². The van der Waals surface area contributed by atoms with E-state index in [1.807, 2.05) is 32.0 Å². The Morgan fingerprint density at radius 2 is 2.00 bits per heavy atom. The number of rotatable bonds is 6. The molecule has 3 nitrogen and oxygen atoms in total. The number of nitrogens with zero attached hydrogens (tertiary/aromatic N) is 2. The van der Waals surface area contributed by atoms with Crippen LogP contribution in [0.15, 0.2) is 18.2 Å². The summed E-state index contributed by atoms with van der Waals surface area (Å²) in [5, 5.41) is 4.81. The van der Waals surface area contributed by atoms with Gasteiger partial charge in [-0.2, -0.15) is 0 Å². The van der Waals surface area contributed by atoms with Crippen LogP contribution in [-0.4, -0.2) is 36.1 Å². The van der Waals surface area contributed by atoms with Gasteiger partial charge in [0.1, 0.15) is 0 Å². The van der Waals surface area contributed by atoms with Crippen molar-refractivity contribution in [1.82, 2.24) is 10.2 Å². The lowest BCUT2D eigenvalue weighted by Crippen LogP contribution is -2.44. The van der Waals surface area contributed by atoms with E-state index in [1.54, 1.807) is 0 Å². The van der Waals surface area contributed by atoms with Crippen molar-refractivity contribution in [2.24, 2.45) is 0 Å². The molecule has 1 saturated heterocycles. The average molecular weight is 354 g/mol. The Labute approximate surface area is 149 Å². The summed E-state index contributed by atoms with van der Waals surface area (Å²) in [6.45, 7) is 15.2. The summed E-state index contributed by atoms with van der Waals surface area (Å²) in [7, 11) is 0. The minimum absolute atomic E-state index is 0.311. The lowest BCUT2D eigenvalue weighted by Gasteiger charge is -2.35. The van der Waals surface area contributed by atoms with Crippen LogP contribution in [0, 0.1) is 6.57 Å². The van der Waals surface area contributed by atoms with Crippen molar-refractivity contribution in [2.75, 3.05) is 19.6 Å². The third-order valence-electron chi connectivity index (χ3n) is 4.53. The predicted octanol–water partition coefficient (Wildman–Crippen LogP) is 4.64. The Balaban J connectivity index is 2.10. The zero-order chi connectivity index (χ0) is 16.9. The quantitative estimate of drug-likeness (QED) is 0.751. The minimum atomic E-state index is -0.311. The van der Waals surface area contributed by atoms with E-state index >= 15 is 0 Å². The van der Waals surface area contributed by atoms with Crippen LogP contribution in [0.3, 0.4) is 0 Å². The molecule has 0 amide bonds. The number of nitrogens with one attached hydrogen (secondary N) is 1. The molecule has 0 saturated carbocycles. The highest BCUT2D eigenvalue weighted by molar-refractivity contribution is 6.35. The number of benzene rings is 1. The van der Waals surface area contributed by atoms with Gasteiger partial charge in [-0.3, -0.25) is 4.90 Å². The van der Waals surface area contributed by atoms with E-state index in [0.717, 1.165) is 56.0 Å². The second-order valence-corrected chi connectivity index (χ2v) is 7.71. The van der Waals surface area contributed by atoms with Crippen LogP contribution in [0.4, 0.5) is 0 Å². The first-order valence-corrected chi connectivity index (χ1v) is 8.94. The van der Waals surface area contributed by atoms with Crippen molar-refractivity contribution < 1.29 is 0 Å². The van der Waals surface area contributed by atoms with Crippen molar-refractivity contribution in [1.29, 1.82) is 0 Å². The molecule has 0 radical (unpaired) electrons. The van der Waals surface area contributed by atoms with Gasteiger partial charge in [0.15, 0.2) is 0 Å². The molecule has 126 valence electrons. The first kappa shape index (κ1) is 18.5. The number of halogens is 2. The third-order valence-corrected chi connectivity index (χ3v) is 5.11. The Hall–Kier alpha value is -0.790. The Bertz CT molecular complexity index is 560. The highest BCUT2D eigenvalue weighted by atomic mass is 35.5. The fraction of sp³-hybridized carbons (Fsp3) is 0.611. The number of hydrogen-bond donors (Lipinski definition) is 1. The normalized spacial score (nSPS) is 16.5. The fourth-order valence-corrected chi connectivity index (χ4v) is 3.37. The molecule has 0 bridgehead atoms. The largest absolute Gasteiger partial charge is 0.317 e. The summed E-state index contributed by atoms with van der Waals surface area (Å²) in [6, 6.07) is 6.26. The maximum atomic E-state index is 7.33. The lowest BCUT2D eigenvalue weighted by molar-refractivity contribution is 0.146. The molecule has 1 aromatic carbocycles. The average Bonchev–Trinajstić information content (AvgIpc) is 2.54. The second-order valence-electron chi connectivity index (χ2n) is 6.86. The van der Waals surface area contributed by atoms with E-state index in [0.29, 0.717) is 11.1 Å². The zero-order valence-corrected chi connectivity index (χ0v) is 15.4. The lowest BCUT2D eigenvalue weighted by atomic mass is 9.98. The fourth-order valence-electron chi connectivity index (χ4n) is 2.90. The molecule has 23 heavy (non-hydrogen) atoms. The van der Waals surface area contributed by atoms with Crippen LogP contribution >= 0.6 is 23.2 Å². The molecule has 0 unspecified atom stereocenters.